The number of hydrogen-bond donors (Lipinski definition) is 2. The molecule has 0 fully saturated rings. The van der Waals surface area contributed by atoms with Crippen molar-refractivity contribution in [2.75, 3.05) is 5.73 Å². The van der Waals surface area contributed by atoms with E-state index in [4.69, 9.17) is 10.5 Å². The molecule has 0 spiro atoms. The summed E-state index contributed by atoms with van der Waals surface area (Å²) in [5, 5.41) is 14.4. The second-order valence-corrected chi connectivity index (χ2v) is 8.34. The molecule has 0 saturated carbocycles. The van der Waals surface area contributed by atoms with Crippen molar-refractivity contribution in [2.45, 2.75) is 37.9 Å². The summed E-state index contributed by atoms with van der Waals surface area (Å²) in [7, 11) is 0. The predicted molar refractivity (Wildman–Crippen MR) is 118 cm³/mol. The molecule has 2 heterocycles. The summed E-state index contributed by atoms with van der Waals surface area (Å²) in [6.07, 6.45) is -1.00. The monoisotopic (exact) mass is 492 g/mol. The van der Waals surface area contributed by atoms with Gasteiger partial charge in [-0.15, -0.1) is 5.10 Å². The molecule has 0 bridgehead atoms. The van der Waals surface area contributed by atoms with Crippen LogP contribution in [0.1, 0.15) is 25.8 Å². The third-order valence-corrected chi connectivity index (χ3v) is 5.70. The first-order valence-corrected chi connectivity index (χ1v) is 10.5. The van der Waals surface area contributed by atoms with Gasteiger partial charge in [-0.25, -0.2) is 26.5 Å². The largest absolute Gasteiger partial charge is 0.484 e. The number of rotatable bonds is 7. The van der Waals surface area contributed by atoms with Crippen LogP contribution in [0.5, 0.6) is 5.75 Å². The number of ether oxygens (including phenoxy) is 1. The van der Waals surface area contributed by atoms with Gasteiger partial charge in [0.25, 0.3) is 5.92 Å². The molecule has 0 aliphatic heterocycles. The average Bonchev–Trinajstić information content (AvgIpc) is 3.15. The Balaban J connectivity index is 1.59. The van der Waals surface area contributed by atoms with Crippen molar-refractivity contribution in [1.29, 1.82) is 0 Å². The highest BCUT2D eigenvalue weighted by Gasteiger charge is 2.51. The Labute approximate surface area is 196 Å². The molecule has 184 valence electrons. The normalized spacial score (nSPS) is 14.6. The molecule has 2 atom stereocenters. The van der Waals surface area contributed by atoms with Crippen LogP contribution in [0, 0.1) is 17.5 Å². The summed E-state index contributed by atoms with van der Waals surface area (Å²) in [5.41, 5.74) is 3.22. The lowest BCUT2D eigenvalue weighted by Gasteiger charge is -2.34. The minimum Gasteiger partial charge on any atom is -0.484 e. The smallest absolute Gasteiger partial charge is 0.283 e. The molecule has 6 nitrogen and oxygen atoms in total. The molecule has 2 aromatic heterocycles. The maximum absolute atomic E-state index is 15.2. The number of halogens is 5. The van der Waals surface area contributed by atoms with Gasteiger partial charge in [0.1, 0.15) is 11.9 Å². The molecule has 0 aliphatic rings. The maximum Gasteiger partial charge on any atom is 0.283 e. The highest BCUT2D eigenvalue weighted by Crippen LogP contribution is 2.42. The Morgan fingerprint density at radius 3 is 2.46 bits per heavy atom. The Hall–Kier alpha value is -3.73. The number of fused-ring (bicyclic) bond motifs is 1. The van der Waals surface area contributed by atoms with Crippen molar-refractivity contribution in [1.82, 2.24) is 14.6 Å². The first kappa shape index (κ1) is 24.4. The number of anilines is 1. The molecule has 4 rings (SSSR count). The Kier molecular flexibility index (Phi) is 6.14. The van der Waals surface area contributed by atoms with E-state index in [0.29, 0.717) is 11.2 Å². The van der Waals surface area contributed by atoms with Crippen LogP contribution in [0.15, 0.2) is 54.7 Å². The zero-order valence-electron chi connectivity index (χ0n) is 18.6. The number of nitrogen functional groups attached to an aromatic ring is 1. The van der Waals surface area contributed by atoms with E-state index >= 15 is 4.39 Å². The number of pyridine rings is 1. The van der Waals surface area contributed by atoms with Gasteiger partial charge in [-0.2, -0.15) is 4.98 Å². The van der Waals surface area contributed by atoms with Gasteiger partial charge in [-0.1, -0.05) is 12.1 Å². The van der Waals surface area contributed by atoms with E-state index in [1.54, 1.807) is 0 Å². The van der Waals surface area contributed by atoms with Gasteiger partial charge in [0.05, 0.1) is 6.42 Å². The molecule has 2 aromatic carbocycles. The third-order valence-electron chi connectivity index (χ3n) is 5.70. The van der Waals surface area contributed by atoms with E-state index in [1.807, 2.05) is 0 Å². The van der Waals surface area contributed by atoms with E-state index in [1.165, 1.54) is 35.8 Å². The van der Waals surface area contributed by atoms with Crippen molar-refractivity contribution in [3.8, 4) is 16.9 Å². The fraction of sp³-hybridized carbons (Fsp3) is 0.250. The highest BCUT2D eigenvalue weighted by atomic mass is 19.3. The van der Waals surface area contributed by atoms with Crippen LogP contribution in [0.3, 0.4) is 0 Å². The van der Waals surface area contributed by atoms with Gasteiger partial charge in [0.15, 0.2) is 28.6 Å². The van der Waals surface area contributed by atoms with Gasteiger partial charge >= 0.3 is 0 Å². The summed E-state index contributed by atoms with van der Waals surface area (Å²) in [4.78, 5) is 3.98. The predicted octanol–water partition coefficient (Wildman–Crippen LogP) is 5.10. The van der Waals surface area contributed by atoms with E-state index in [9.17, 15) is 22.7 Å². The zero-order valence-corrected chi connectivity index (χ0v) is 18.6. The van der Waals surface area contributed by atoms with Gasteiger partial charge in [-0.05, 0) is 61.4 Å². The first-order valence-electron chi connectivity index (χ1n) is 10.5. The van der Waals surface area contributed by atoms with E-state index in [2.05, 4.69) is 10.1 Å². The molecule has 0 aliphatic carbocycles. The minimum absolute atomic E-state index is 0.0111. The average molecular weight is 492 g/mol. The van der Waals surface area contributed by atoms with Crippen LogP contribution < -0.4 is 10.5 Å². The number of aromatic nitrogens is 3. The summed E-state index contributed by atoms with van der Waals surface area (Å²) < 4.78 is 79.5. The molecule has 4 aromatic rings. The molecule has 2 unspecified atom stereocenters. The third kappa shape index (κ3) is 4.63. The Morgan fingerprint density at radius 1 is 1.09 bits per heavy atom. The SMILES string of the molecule is CC(CC(F)(F)C(C)(O)c1ccc(F)cc1)Oc1c(F)ccc(-c2ccn3nc(N)nc3c2)c1F. The fourth-order valence-electron chi connectivity index (χ4n) is 3.72. The highest BCUT2D eigenvalue weighted by molar-refractivity contribution is 5.69. The molecule has 3 N–H and O–H groups in total. The minimum atomic E-state index is -3.78. The zero-order chi connectivity index (χ0) is 25.5. The Bertz CT molecular complexity index is 1370. The van der Waals surface area contributed by atoms with Crippen LogP contribution in [0.25, 0.3) is 16.8 Å². The van der Waals surface area contributed by atoms with Crippen molar-refractivity contribution in [2.24, 2.45) is 0 Å². The molecule has 11 heteroatoms. The quantitative estimate of drug-likeness (QED) is 0.351. The van der Waals surface area contributed by atoms with Crippen LogP contribution in [-0.4, -0.2) is 31.7 Å². The topological polar surface area (TPSA) is 85.7 Å². The number of aliphatic hydroxyl groups is 1. The molecule has 0 amide bonds. The van der Waals surface area contributed by atoms with Gasteiger partial charge < -0.3 is 15.6 Å². The second kappa shape index (κ2) is 8.81. The van der Waals surface area contributed by atoms with E-state index < -0.39 is 47.2 Å². The van der Waals surface area contributed by atoms with Gasteiger partial charge in [0, 0.05) is 11.8 Å². The number of alkyl halides is 2. The summed E-state index contributed by atoms with van der Waals surface area (Å²) in [5.74, 6) is -7.44. The lowest BCUT2D eigenvalue weighted by atomic mass is 9.86. The Morgan fingerprint density at radius 2 is 1.77 bits per heavy atom. The molecular weight excluding hydrogens is 471 g/mol. The van der Waals surface area contributed by atoms with Gasteiger partial charge in [0.2, 0.25) is 5.95 Å². The second-order valence-electron chi connectivity index (χ2n) is 8.34. The fourth-order valence-corrected chi connectivity index (χ4v) is 3.72. The number of nitrogens with zero attached hydrogens (tertiary/aromatic N) is 3. The maximum atomic E-state index is 15.2. The van der Waals surface area contributed by atoms with Crippen LogP contribution in [0.4, 0.5) is 27.9 Å². The first-order chi connectivity index (χ1) is 16.4. The lowest BCUT2D eigenvalue weighted by molar-refractivity contribution is -0.190. The van der Waals surface area contributed by atoms with E-state index in [-0.39, 0.29) is 17.1 Å². The molecule has 0 saturated heterocycles. The molecular formula is C24H21F5N4O2. The van der Waals surface area contributed by atoms with Gasteiger partial charge in [-0.3, -0.25) is 0 Å². The summed E-state index contributed by atoms with van der Waals surface area (Å²) in [6.45, 7) is 2.08. The van der Waals surface area contributed by atoms with Crippen LogP contribution >= 0.6 is 0 Å². The number of nitrogens with two attached hydrogens (primary N) is 1. The van der Waals surface area contributed by atoms with E-state index in [0.717, 1.165) is 37.3 Å². The molecule has 35 heavy (non-hydrogen) atoms. The van der Waals surface area contributed by atoms with Crippen molar-refractivity contribution >= 4 is 11.6 Å². The lowest BCUT2D eigenvalue weighted by Crippen LogP contribution is -2.45. The van der Waals surface area contributed by atoms with Crippen molar-refractivity contribution in [3.63, 3.8) is 0 Å². The van der Waals surface area contributed by atoms with Crippen molar-refractivity contribution in [3.05, 3.63) is 77.7 Å². The van der Waals surface area contributed by atoms with Crippen LogP contribution in [-0.2, 0) is 5.60 Å². The van der Waals surface area contributed by atoms with Crippen LogP contribution in [0.2, 0.25) is 0 Å². The summed E-state index contributed by atoms with van der Waals surface area (Å²) >= 11 is 0. The summed E-state index contributed by atoms with van der Waals surface area (Å²) in [6, 6.07) is 9.08. The number of hydrogen-bond acceptors (Lipinski definition) is 5. The standard InChI is InChI=1S/C24H21F5N4O2/c1-13(12-24(28,29)23(2,34)15-3-5-16(25)6-4-15)35-21-18(26)8-7-17(20(21)27)14-9-10-33-19(11-14)31-22(30)32-33/h3-11,13,34H,12H2,1-2H3,(H2,30,32). The van der Waals surface area contributed by atoms with Crippen molar-refractivity contribution < 1.29 is 31.8 Å². The number of benzene rings is 2. The molecule has 0 radical (unpaired) electrons.